The van der Waals surface area contributed by atoms with E-state index in [4.69, 9.17) is 5.73 Å². The van der Waals surface area contributed by atoms with Crippen LogP contribution in [0.1, 0.15) is 0 Å². The van der Waals surface area contributed by atoms with Crippen LogP contribution in [0.5, 0.6) is 0 Å². The Bertz CT molecular complexity index is 399. The first-order chi connectivity index (χ1) is 6.38. The summed E-state index contributed by atoms with van der Waals surface area (Å²) in [6.45, 7) is 0. The number of nitrogen functional groups attached to an aromatic ring is 1. The van der Waals surface area contributed by atoms with Crippen molar-refractivity contribution in [3.8, 4) is 11.3 Å². The van der Waals surface area contributed by atoms with Crippen LogP contribution in [-0.4, -0.2) is 15.2 Å². The molecular formula is C9H8N4. The summed E-state index contributed by atoms with van der Waals surface area (Å²) >= 11 is 0. The second-order valence-corrected chi connectivity index (χ2v) is 2.58. The van der Waals surface area contributed by atoms with E-state index in [0.717, 1.165) is 5.56 Å². The predicted molar refractivity (Wildman–Crippen MR) is 49.7 cm³/mol. The van der Waals surface area contributed by atoms with Crippen molar-refractivity contribution >= 4 is 5.69 Å². The number of rotatable bonds is 1. The molecule has 2 aromatic rings. The molecule has 0 aromatic carbocycles. The van der Waals surface area contributed by atoms with E-state index < -0.39 is 0 Å². The van der Waals surface area contributed by atoms with Crippen LogP contribution in [0.15, 0.2) is 36.8 Å². The van der Waals surface area contributed by atoms with Crippen molar-refractivity contribution in [3.05, 3.63) is 36.8 Å². The highest BCUT2D eigenvalue weighted by molar-refractivity contribution is 5.70. The third-order valence-corrected chi connectivity index (χ3v) is 1.69. The monoisotopic (exact) mass is 172 g/mol. The molecular weight excluding hydrogens is 164 g/mol. The minimum Gasteiger partial charge on any atom is -0.397 e. The largest absolute Gasteiger partial charge is 0.397 e. The molecule has 2 heterocycles. The van der Waals surface area contributed by atoms with Crippen molar-refractivity contribution < 1.29 is 0 Å². The van der Waals surface area contributed by atoms with Gasteiger partial charge in [0, 0.05) is 18.0 Å². The van der Waals surface area contributed by atoms with Crippen LogP contribution in [0.4, 0.5) is 5.69 Å². The van der Waals surface area contributed by atoms with Gasteiger partial charge in [-0.3, -0.25) is 4.98 Å². The molecule has 4 heteroatoms. The van der Waals surface area contributed by atoms with Gasteiger partial charge in [-0.05, 0) is 18.2 Å². The topological polar surface area (TPSA) is 64.7 Å². The van der Waals surface area contributed by atoms with Crippen LogP contribution < -0.4 is 5.73 Å². The van der Waals surface area contributed by atoms with Gasteiger partial charge in [0.2, 0.25) is 0 Å². The standard InChI is InChI=1S/C9H8N4/c10-8-3-5-12-13-9(8)7-2-1-4-11-6-7/h1-6H,(H2,10,12). The third-order valence-electron chi connectivity index (χ3n) is 1.69. The summed E-state index contributed by atoms with van der Waals surface area (Å²) in [5.41, 5.74) is 7.90. The molecule has 0 saturated carbocycles. The Morgan fingerprint density at radius 2 is 2.08 bits per heavy atom. The number of hydrogen-bond acceptors (Lipinski definition) is 4. The Morgan fingerprint density at radius 1 is 1.15 bits per heavy atom. The molecule has 0 radical (unpaired) electrons. The van der Waals surface area contributed by atoms with E-state index in [0.29, 0.717) is 11.4 Å². The number of hydrogen-bond donors (Lipinski definition) is 1. The van der Waals surface area contributed by atoms with E-state index in [1.54, 1.807) is 24.7 Å². The normalized spacial score (nSPS) is 9.85. The first kappa shape index (κ1) is 7.67. The molecule has 2 N–H and O–H groups in total. The van der Waals surface area contributed by atoms with Crippen molar-refractivity contribution in [2.45, 2.75) is 0 Å². The molecule has 2 rings (SSSR count). The summed E-state index contributed by atoms with van der Waals surface area (Å²) in [7, 11) is 0. The van der Waals surface area contributed by atoms with Crippen molar-refractivity contribution in [3.63, 3.8) is 0 Å². The SMILES string of the molecule is Nc1ccnnc1-c1cccnc1. The molecule has 0 saturated heterocycles. The molecule has 0 unspecified atom stereocenters. The van der Waals surface area contributed by atoms with E-state index in [1.165, 1.54) is 0 Å². The zero-order valence-electron chi connectivity index (χ0n) is 6.88. The molecule has 4 nitrogen and oxygen atoms in total. The Hall–Kier alpha value is -1.97. The number of anilines is 1. The number of nitrogens with two attached hydrogens (primary N) is 1. The van der Waals surface area contributed by atoms with Crippen LogP contribution >= 0.6 is 0 Å². The number of pyridine rings is 1. The first-order valence-electron chi connectivity index (χ1n) is 3.85. The second-order valence-electron chi connectivity index (χ2n) is 2.58. The zero-order chi connectivity index (χ0) is 9.10. The fraction of sp³-hybridized carbons (Fsp3) is 0. The van der Waals surface area contributed by atoms with Gasteiger partial charge in [0.15, 0.2) is 0 Å². The highest BCUT2D eigenvalue weighted by atomic mass is 15.1. The van der Waals surface area contributed by atoms with Crippen LogP contribution in [0, 0.1) is 0 Å². The van der Waals surface area contributed by atoms with Crippen LogP contribution in [0.3, 0.4) is 0 Å². The van der Waals surface area contributed by atoms with E-state index in [2.05, 4.69) is 15.2 Å². The highest BCUT2D eigenvalue weighted by Gasteiger charge is 2.02. The summed E-state index contributed by atoms with van der Waals surface area (Å²) in [5.74, 6) is 0. The summed E-state index contributed by atoms with van der Waals surface area (Å²) in [6.07, 6.45) is 4.98. The summed E-state index contributed by atoms with van der Waals surface area (Å²) in [6, 6.07) is 5.45. The highest BCUT2D eigenvalue weighted by Crippen LogP contribution is 2.20. The van der Waals surface area contributed by atoms with Gasteiger partial charge in [-0.1, -0.05) is 0 Å². The molecule has 0 aliphatic heterocycles. The molecule has 0 fully saturated rings. The van der Waals surface area contributed by atoms with Gasteiger partial charge >= 0.3 is 0 Å². The smallest absolute Gasteiger partial charge is 0.117 e. The molecule has 13 heavy (non-hydrogen) atoms. The average Bonchev–Trinajstić information content (AvgIpc) is 2.20. The van der Waals surface area contributed by atoms with E-state index >= 15 is 0 Å². The van der Waals surface area contributed by atoms with Gasteiger partial charge in [-0.2, -0.15) is 5.10 Å². The van der Waals surface area contributed by atoms with Crippen LogP contribution in [-0.2, 0) is 0 Å². The van der Waals surface area contributed by atoms with Gasteiger partial charge in [-0.25, -0.2) is 0 Å². The summed E-state index contributed by atoms with van der Waals surface area (Å²) < 4.78 is 0. The van der Waals surface area contributed by atoms with E-state index in [-0.39, 0.29) is 0 Å². The Labute approximate surface area is 75.5 Å². The average molecular weight is 172 g/mol. The van der Waals surface area contributed by atoms with Gasteiger partial charge in [0.1, 0.15) is 5.69 Å². The van der Waals surface area contributed by atoms with E-state index in [9.17, 15) is 0 Å². The maximum Gasteiger partial charge on any atom is 0.117 e. The molecule has 0 spiro atoms. The molecule has 0 bridgehead atoms. The Balaban J connectivity index is 2.54. The van der Waals surface area contributed by atoms with Crippen molar-refractivity contribution in [2.24, 2.45) is 0 Å². The first-order valence-corrected chi connectivity index (χ1v) is 3.85. The van der Waals surface area contributed by atoms with Crippen LogP contribution in [0.2, 0.25) is 0 Å². The Morgan fingerprint density at radius 3 is 2.77 bits per heavy atom. The van der Waals surface area contributed by atoms with Crippen molar-refractivity contribution in [2.75, 3.05) is 5.73 Å². The number of aromatic nitrogens is 3. The molecule has 2 aromatic heterocycles. The number of nitrogens with zero attached hydrogens (tertiary/aromatic N) is 3. The Kier molecular flexibility index (Phi) is 1.88. The lowest BCUT2D eigenvalue weighted by Crippen LogP contribution is -1.94. The third kappa shape index (κ3) is 1.46. The zero-order valence-corrected chi connectivity index (χ0v) is 6.88. The van der Waals surface area contributed by atoms with E-state index in [1.807, 2.05) is 12.1 Å². The molecule has 0 amide bonds. The van der Waals surface area contributed by atoms with Crippen molar-refractivity contribution in [1.29, 1.82) is 0 Å². The predicted octanol–water partition coefficient (Wildman–Crippen LogP) is 1.12. The lowest BCUT2D eigenvalue weighted by atomic mass is 10.2. The van der Waals surface area contributed by atoms with Crippen molar-refractivity contribution in [1.82, 2.24) is 15.2 Å². The van der Waals surface area contributed by atoms with Gasteiger partial charge in [-0.15, -0.1) is 5.10 Å². The molecule has 64 valence electrons. The minimum atomic E-state index is 0.614. The fourth-order valence-corrected chi connectivity index (χ4v) is 1.07. The molecule has 0 atom stereocenters. The summed E-state index contributed by atoms with van der Waals surface area (Å²) in [4.78, 5) is 3.98. The fourth-order valence-electron chi connectivity index (χ4n) is 1.07. The van der Waals surface area contributed by atoms with Gasteiger partial charge in [0.05, 0.1) is 11.9 Å². The maximum absolute atomic E-state index is 5.72. The van der Waals surface area contributed by atoms with Gasteiger partial charge in [0.25, 0.3) is 0 Å². The lowest BCUT2D eigenvalue weighted by Gasteiger charge is -2.00. The van der Waals surface area contributed by atoms with Crippen LogP contribution in [0.25, 0.3) is 11.3 Å². The molecule has 0 aliphatic carbocycles. The van der Waals surface area contributed by atoms with Gasteiger partial charge < -0.3 is 5.73 Å². The second kappa shape index (κ2) is 3.18. The molecule has 0 aliphatic rings. The quantitative estimate of drug-likeness (QED) is 0.700. The minimum absolute atomic E-state index is 0.614. The maximum atomic E-state index is 5.72. The lowest BCUT2D eigenvalue weighted by molar-refractivity contribution is 1.04. The summed E-state index contributed by atoms with van der Waals surface area (Å²) in [5, 5.41) is 7.70.